The van der Waals surface area contributed by atoms with Crippen LogP contribution in [0.4, 0.5) is 0 Å². The molecule has 132 valence electrons. The summed E-state index contributed by atoms with van der Waals surface area (Å²) >= 11 is 0. The van der Waals surface area contributed by atoms with E-state index in [-0.39, 0.29) is 12.5 Å². The monoisotopic (exact) mass is 342 g/mol. The number of carbonyl (C=O) groups is 2. The van der Waals surface area contributed by atoms with Crippen LogP contribution in [0.2, 0.25) is 0 Å². The molecule has 6 heteroatoms. The first-order valence-electron chi connectivity index (χ1n) is 8.40. The molecule has 0 radical (unpaired) electrons. The number of amides is 1. The number of carbonyl (C=O) groups excluding carboxylic acids is 1. The van der Waals surface area contributed by atoms with Crippen molar-refractivity contribution in [2.24, 2.45) is 5.92 Å². The first-order chi connectivity index (χ1) is 12.1. The smallest absolute Gasteiger partial charge is 0.309 e. The predicted molar refractivity (Wildman–Crippen MR) is 91.8 cm³/mol. The number of carboxylic acid groups (broad SMARTS) is 1. The highest BCUT2D eigenvalue weighted by Gasteiger charge is 2.30. The van der Waals surface area contributed by atoms with Crippen LogP contribution in [-0.4, -0.2) is 53.0 Å². The van der Waals surface area contributed by atoms with Crippen LogP contribution >= 0.6 is 0 Å². The molecule has 0 bridgehead atoms. The van der Waals surface area contributed by atoms with E-state index in [1.54, 1.807) is 17.4 Å². The lowest BCUT2D eigenvalue weighted by Gasteiger charge is -2.22. The molecule has 2 aromatic rings. The van der Waals surface area contributed by atoms with Crippen LogP contribution in [0, 0.1) is 5.92 Å². The standard InChI is InChI=1S/C19H22N2O4/c22-18(10-15-4-2-1-3-5-15)21-8-7-20(11-16-6-9-25-14-16)12-17(13-21)19(23)24/h1-6,9,14,17H,7-8,10-13H2,(H,23,24). The maximum absolute atomic E-state index is 12.6. The van der Waals surface area contributed by atoms with Crippen molar-refractivity contribution >= 4 is 11.9 Å². The fraction of sp³-hybridized carbons (Fsp3) is 0.368. The number of nitrogens with zero attached hydrogens (tertiary/aromatic N) is 2. The Hall–Kier alpha value is -2.60. The van der Waals surface area contributed by atoms with Gasteiger partial charge in [-0.15, -0.1) is 0 Å². The molecular formula is C19H22N2O4. The molecule has 1 fully saturated rings. The average Bonchev–Trinajstić information content (AvgIpc) is 3.01. The van der Waals surface area contributed by atoms with Crippen LogP contribution in [0.5, 0.6) is 0 Å². The molecule has 1 amide bonds. The Kier molecular flexibility index (Phi) is 5.50. The van der Waals surface area contributed by atoms with Gasteiger partial charge in [-0.25, -0.2) is 0 Å². The molecule has 0 aliphatic carbocycles. The van der Waals surface area contributed by atoms with Crippen molar-refractivity contribution in [3.05, 3.63) is 60.1 Å². The van der Waals surface area contributed by atoms with Gasteiger partial charge in [0.25, 0.3) is 0 Å². The fourth-order valence-corrected chi connectivity index (χ4v) is 3.13. The summed E-state index contributed by atoms with van der Waals surface area (Å²) in [7, 11) is 0. The zero-order valence-corrected chi connectivity index (χ0v) is 14.0. The lowest BCUT2D eigenvalue weighted by Crippen LogP contribution is -2.38. The third kappa shape index (κ3) is 4.70. The van der Waals surface area contributed by atoms with E-state index in [0.717, 1.165) is 11.1 Å². The lowest BCUT2D eigenvalue weighted by molar-refractivity contribution is -0.143. The third-order valence-electron chi connectivity index (χ3n) is 4.49. The summed E-state index contributed by atoms with van der Waals surface area (Å²) in [6.45, 7) is 2.49. The van der Waals surface area contributed by atoms with Gasteiger partial charge in [-0.1, -0.05) is 30.3 Å². The summed E-state index contributed by atoms with van der Waals surface area (Å²) in [6.07, 6.45) is 3.57. The molecule has 1 saturated heterocycles. The second-order valence-corrected chi connectivity index (χ2v) is 6.40. The molecule has 0 saturated carbocycles. The van der Waals surface area contributed by atoms with Gasteiger partial charge in [-0.3, -0.25) is 14.5 Å². The van der Waals surface area contributed by atoms with E-state index < -0.39 is 11.9 Å². The summed E-state index contributed by atoms with van der Waals surface area (Å²) in [4.78, 5) is 28.0. The minimum absolute atomic E-state index is 0.0254. The summed E-state index contributed by atoms with van der Waals surface area (Å²) in [5.74, 6) is -1.48. The van der Waals surface area contributed by atoms with E-state index in [9.17, 15) is 14.7 Å². The van der Waals surface area contributed by atoms with Crippen LogP contribution in [0.15, 0.2) is 53.3 Å². The molecule has 1 atom stereocenters. The molecule has 6 nitrogen and oxygen atoms in total. The van der Waals surface area contributed by atoms with E-state index in [2.05, 4.69) is 4.90 Å². The highest BCUT2D eigenvalue weighted by molar-refractivity contribution is 5.80. The molecule has 1 aliphatic rings. The molecule has 1 aromatic heterocycles. The fourth-order valence-electron chi connectivity index (χ4n) is 3.13. The first kappa shape index (κ1) is 17.2. The Morgan fingerprint density at radius 2 is 1.88 bits per heavy atom. The second kappa shape index (κ2) is 7.98. The SMILES string of the molecule is O=C(O)C1CN(Cc2ccoc2)CCN(C(=O)Cc2ccccc2)C1. The highest BCUT2D eigenvalue weighted by atomic mass is 16.4. The molecule has 1 unspecified atom stereocenters. The molecule has 25 heavy (non-hydrogen) atoms. The quantitative estimate of drug-likeness (QED) is 0.898. The van der Waals surface area contributed by atoms with Crippen LogP contribution in [0.1, 0.15) is 11.1 Å². The van der Waals surface area contributed by atoms with Crippen molar-refractivity contribution in [2.45, 2.75) is 13.0 Å². The lowest BCUT2D eigenvalue weighted by atomic mass is 10.1. The topological polar surface area (TPSA) is 74.0 Å². The van der Waals surface area contributed by atoms with Crippen LogP contribution in [0.3, 0.4) is 0 Å². The Morgan fingerprint density at radius 3 is 2.56 bits per heavy atom. The Balaban J connectivity index is 1.66. The van der Waals surface area contributed by atoms with Gasteiger partial charge in [-0.2, -0.15) is 0 Å². The van der Waals surface area contributed by atoms with Gasteiger partial charge < -0.3 is 14.4 Å². The first-order valence-corrected chi connectivity index (χ1v) is 8.40. The Bertz CT molecular complexity index is 699. The minimum atomic E-state index is -0.864. The second-order valence-electron chi connectivity index (χ2n) is 6.40. The Morgan fingerprint density at radius 1 is 1.08 bits per heavy atom. The number of benzene rings is 1. The third-order valence-corrected chi connectivity index (χ3v) is 4.49. The van der Waals surface area contributed by atoms with E-state index in [4.69, 9.17) is 4.42 Å². The summed E-state index contributed by atoms with van der Waals surface area (Å²) < 4.78 is 5.08. The summed E-state index contributed by atoms with van der Waals surface area (Å²) in [5, 5.41) is 9.51. The van der Waals surface area contributed by atoms with Gasteiger partial charge in [-0.05, 0) is 11.6 Å². The largest absolute Gasteiger partial charge is 0.481 e. The molecular weight excluding hydrogens is 320 g/mol. The van der Waals surface area contributed by atoms with Crippen molar-refractivity contribution < 1.29 is 19.1 Å². The molecule has 1 aliphatic heterocycles. The van der Waals surface area contributed by atoms with Crippen LogP contribution in [-0.2, 0) is 22.6 Å². The normalized spacial score (nSPS) is 18.7. The molecule has 3 rings (SSSR count). The van der Waals surface area contributed by atoms with Crippen molar-refractivity contribution in [1.82, 2.24) is 9.80 Å². The van der Waals surface area contributed by atoms with Gasteiger partial charge in [0.1, 0.15) is 0 Å². The maximum atomic E-state index is 12.6. The molecule has 2 heterocycles. The Labute approximate surface area is 146 Å². The van der Waals surface area contributed by atoms with Crippen LogP contribution in [0.25, 0.3) is 0 Å². The van der Waals surface area contributed by atoms with Crippen molar-refractivity contribution in [3.63, 3.8) is 0 Å². The van der Waals surface area contributed by atoms with Crippen LogP contribution < -0.4 is 0 Å². The minimum Gasteiger partial charge on any atom is -0.481 e. The number of hydrogen-bond donors (Lipinski definition) is 1. The predicted octanol–water partition coefficient (Wildman–Crippen LogP) is 1.87. The zero-order chi connectivity index (χ0) is 17.6. The van der Waals surface area contributed by atoms with E-state index in [1.165, 1.54) is 0 Å². The number of hydrogen-bond acceptors (Lipinski definition) is 4. The number of aliphatic carboxylic acids is 1. The van der Waals surface area contributed by atoms with Gasteiger partial charge in [0.2, 0.25) is 5.91 Å². The number of furan rings is 1. The average molecular weight is 342 g/mol. The van der Waals surface area contributed by atoms with E-state index >= 15 is 0 Å². The van der Waals surface area contributed by atoms with Gasteiger partial charge in [0, 0.05) is 38.3 Å². The summed E-state index contributed by atoms with van der Waals surface area (Å²) in [6, 6.07) is 11.4. The molecule has 0 spiro atoms. The van der Waals surface area contributed by atoms with E-state index in [1.807, 2.05) is 36.4 Å². The van der Waals surface area contributed by atoms with Crippen molar-refractivity contribution in [2.75, 3.05) is 26.2 Å². The highest BCUT2D eigenvalue weighted by Crippen LogP contribution is 2.15. The summed E-state index contributed by atoms with van der Waals surface area (Å²) in [5.41, 5.74) is 1.95. The molecule has 1 aromatic carbocycles. The molecule has 1 N–H and O–H groups in total. The number of rotatable bonds is 5. The maximum Gasteiger partial charge on any atom is 0.309 e. The van der Waals surface area contributed by atoms with E-state index in [0.29, 0.717) is 32.6 Å². The van der Waals surface area contributed by atoms with Gasteiger partial charge in [0.05, 0.1) is 24.9 Å². The zero-order valence-electron chi connectivity index (χ0n) is 14.0. The van der Waals surface area contributed by atoms with Gasteiger partial charge >= 0.3 is 5.97 Å². The number of carboxylic acids is 1. The van der Waals surface area contributed by atoms with Crippen molar-refractivity contribution in [3.8, 4) is 0 Å². The van der Waals surface area contributed by atoms with Gasteiger partial charge in [0.15, 0.2) is 0 Å². The van der Waals surface area contributed by atoms with Crippen molar-refractivity contribution in [1.29, 1.82) is 0 Å².